The topological polar surface area (TPSA) is 63.2 Å². The van der Waals surface area contributed by atoms with Crippen molar-refractivity contribution in [2.45, 2.75) is 84.4 Å². The van der Waals surface area contributed by atoms with Gasteiger partial charge in [0.15, 0.2) is 0 Å². The van der Waals surface area contributed by atoms with Crippen molar-refractivity contribution in [2.75, 3.05) is 10.6 Å². The highest BCUT2D eigenvalue weighted by atomic mass is 16.6. The summed E-state index contributed by atoms with van der Waals surface area (Å²) in [6.45, 7) is 9.75. The van der Waals surface area contributed by atoms with E-state index < -0.39 is 5.60 Å². The standard InChI is InChI=1S/C19H31N3O2/c1-13(2)21-15-11-16(18(23)24-19(3,4)5)17(20-12-15)22-14-9-7-6-8-10-14/h11-14,21H,6-10H2,1-5H3,(H,20,22). The number of esters is 1. The van der Waals surface area contributed by atoms with Gasteiger partial charge in [-0.3, -0.25) is 0 Å². The number of pyridine rings is 1. The van der Waals surface area contributed by atoms with E-state index in [1.165, 1.54) is 19.3 Å². The van der Waals surface area contributed by atoms with Gasteiger partial charge in [-0.2, -0.15) is 0 Å². The Morgan fingerprint density at radius 1 is 1.25 bits per heavy atom. The Kier molecular flexibility index (Phi) is 6.08. The van der Waals surface area contributed by atoms with E-state index in [2.05, 4.69) is 29.5 Å². The molecule has 0 bridgehead atoms. The van der Waals surface area contributed by atoms with Crippen molar-refractivity contribution in [2.24, 2.45) is 0 Å². The van der Waals surface area contributed by atoms with Crippen molar-refractivity contribution < 1.29 is 9.53 Å². The first-order valence-corrected chi connectivity index (χ1v) is 9.01. The number of rotatable bonds is 5. The SMILES string of the molecule is CC(C)Nc1cnc(NC2CCCCC2)c(C(=O)OC(C)(C)C)c1. The number of nitrogens with one attached hydrogen (secondary N) is 2. The molecule has 1 heterocycles. The molecular weight excluding hydrogens is 302 g/mol. The van der Waals surface area contributed by atoms with Crippen LogP contribution in [-0.2, 0) is 4.74 Å². The van der Waals surface area contributed by atoms with Gasteiger partial charge in [0, 0.05) is 12.1 Å². The first-order valence-electron chi connectivity index (χ1n) is 9.01. The van der Waals surface area contributed by atoms with E-state index in [4.69, 9.17) is 4.74 Å². The maximum Gasteiger partial charge on any atom is 0.342 e. The molecule has 0 radical (unpaired) electrons. The second kappa shape index (κ2) is 7.86. The summed E-state index contributed by atoms with van der Waals surface area (Å²) >= 11 is 0. The molecule has 2 N–H and O–H groups in total. The number of nitrogens with zero attached hydrogens (tertiary/aromatic N) is 1. The van der Waals surface area contributed by atoms with Crippen molar-refractivity contribution in [1.82, 2.24) is 4.98 Å². The molecule has 24 heavy (non-hydrogen) atoms. The van der Waals surface area contributed by atoms with Gasteiger partial charge in [0.25, 0.3) is 0 Å². The van der Waals surface area contributed by atoms with Gasteiger partial charge >= 0.3 is 5.97 Å². The molecule has 0 aromatic carbocycles. The lowest BCUT2D eigenvalue weighted by Crippen LogP contribution is -2.27. The molecule has 0 amide bonds. The molecule has 0 aliphatic heterocycles. The minimum absolute atomic E-state index is 0.274. The number of aromatic nitrogens is 1. The zero-order valence-corrected chi connectivity index (χ0v) is 15.6. The van der Waals surface area contributed by atoms with E-state index in [-0.39, 0.29) is 12.0 Å². The Morgan fingerprint density at radius 2 is 1.92 bits per heavy atom. The van der Waals surface area contributed by atoms with Crippen LogP contribution in [0.4, 0.5) is 11.5 Å². The van der Waals surface area contributed by atoms with Crippen LogP contribution in [0.1, 0.15) is 77.1 Å². The summed E-state index contributed by atoms with van der Waals surface area (Å²) in [6, 6.07) is 2.50. The van der Waals surface area contributed by atoms with E-state index in [1.54, 1.807) is 6.20 Å². The molecule has 5 heteroatoms. The van der Waals surface area contributed by atoms with Gasteiger partial charge < -0.3 is 15.4 Å². The molecule has 1 saturated carbocycles. The molecule has 1 aromatic heterocycles. The average molecular weight is 333 g/mol. The first kappa shape index (κ1) is 18.6. The lowest BCUT2D eigenvalue weighted by Gasteiger charge is -2.25. The van der Waals surface area contributed by atoms with Gasteiger partial charge in [-0.15, -0.1) is 0 Å². The summed E-state index contributed by atoms with van der Waals surface area (Å²) in [5, 5.41) is 6.75. The third-order valence-electron chi connectivity index (χ3n) is 3.91. The molecule has 2 rings (SSSR count). The van der Waals surface area contributed by atoms with Gasteiger partial charge in [0.2, 0.25) is 0 Å². The quantitative estimate of drug-likeness (QED) is 0.771. The Balaban J connectivity index is 2.24. The summed E-state index contributed by atoms with van der Waals surface area (Å²) < 4.78 is 5.57. The van der Waals surface area contributed by atoms with Crippen LogP contribution in [-0.4, -0.2) is 28.6 Å². The van der Waals surface area contributed by atoms with Gasteiger partial charge in [-0.05, 0) is 53.5 Å². The molecule has 1 aromatic rings. The average Bonchev–Trinajstić information content (AvgIpc) is 2.47. The van der Waals surface area contributed by atoms with E-state index in [0.717, 1.165) is 18.5 Å². The van der Waals surface area contributed by atoms with Gasteiger partial charge in [0.05, 0.1) is 11.9 Å². The van der Waals surface area contributed by atoms with E-state index >= 15 is 0 Å². The summed E-state index contributed by atoms with van der Waals surface area (Å²) in [4.78, 5) is 17.1. The summed E-state index contributed by atoms with van der Waals surface area (Å²) in [5.74, 6) is 0.297. The lowest BCUT2D eigenvalue weighted by atomic mass is 9.95. The third kappa shape index (κ3) is 5.69. The maximum absolute atomic E-state index is 12.6. The van der Waals surface area contributed by atoms with Crippen LogP contribution in [0.15, 0.2) is 12.3 Å². The zero-order chi connectivity index (χ0) is 17.7. The largest absolute Gasteiger partial charge is 0.456 e. The second-order valence-corrected chi connectivity index (χ2v) is 7.90. The number of hydrogen-bond donors (Lipinski definition) is 2. The smallest absolute Gasteiger partial charge is 0.342 e. The fraction of sp³-hybridized carbons (Fsp3) is 0.684. The van der Waals surface area contributed by atoms with E-state index in [9.17, 15) is 4.79 Å². The zero-order valence-electron chi connectivity index (χ0n) is 15.6. The van der Waals surface area contributed by atoms with Crippen molar-refractivity contribution in [3.63, 3.8) is 0 Å². The van der Waals surface area contributed by atoms with Gasteiger partial charge in [-0.1, -0.05) is 19.3 Å². The van der Waals surface area contributed by atoms with Crippen LogP contribution < -0.4 is 10.6 Å². The number of anilines is 2. The van der Waals surface area contributed by atoms with Crippen molar-refractivity contribution in [3.8, 4) is 0 Å². The summed E-state index contributed by atoms with van der Waals surface area (Å²) in [5.41, 5.74) is 0.807. The molecule has 0 saturated heterocycles. The van der Waals surface area contributed by atoms with Crippen LogP contribution in [0.25, 0.3) is 0 Å². The molecule has 0 atom stereocenters. The molecule has 1 aliphatic rings. The number of carbonyl (C=O) groups is 1. The first-order chi connectivity index (χ1) is 11.2. The Bertz CT molecular complexity index is 558. The molecule has 0 unspecified atom stereocenters. The highest BCUT2D eigenvalue weighted by molar-refractivity contribution is 5.96. The maximum atomic E-state index is 12.6. The van der Waals surface area contributed by atoms with Gasteiger partial charge in [-0.25, -0.2) is 9.78 Å². The normalized spacial score (nSPS) is 16.1. The Morgan fingerprint density at radius 3 is 2.50 bits per heavy atom. The molecule has 5 nitrogen and oxygen atoms in total. The molecule has 1 fully saturated rings. The third-order valence-corrected chi connectivity index (χ3v) is 3.91. The highest BCUT2D eigenvalue weighted by Gasteiger charge is 2.23. The molecular formula is C19H31N3O2. The number of ether oxygens (including phenoxy) is 1. The van der Waals surface area contributed by atoms with Crippen molar-refractivity contribution in [3.05, 3.63) is 17.8 Å². The lowest BCUT2D eigenvalue weighted by molar-refractivity contribution is 0.00703. The predicted molar refractivity (Wildman–Crippen MR) is 98.7 cm³/mol. The Hall–Kier alpha value is -1.78. The predicted octanol–water partition coefficient (Wildman–Crippen LogP) is 4.60. The van der Waals surface area contributed by atoms with Crippen LogP contribution in [0.3, 0.4) is 0 Å². The van der Waals surface area contributed by atoms with Crippen LogP contribution >= 0.6 is 0 Å². The van der Waals surface area contributed by atoms with Crippen LogP contribution in [0, 0.1) is 0 Å². The van der Waals surface area contributed by atoms with E-state index in [1.807, 2.05) is 26.8 Å². The monoisotopic (exact) mass is 333 g/mol. The second-order valence-electron chi connectivity index (χ2n) is 7.90. The van der Waals surface area contributed by atoms with Crippen LogP contribution in [0.5, 0.6) is 0 Å². The fourth-order valence-corrected chi connectivity index (χ4v) is 2.92. The molecule has 0 spiro atoms. The van der Waals surface area contributed by atoms with Crippen molar-refractivity contribution >= 4 is 17.5 Å². The summed E-state index contributed by atoms with van der Waals surface area (Å²) in [6.07, 6.45) is 7.78. The molecule has 134 valence electrons. The Labute approximate surface area is 145 Å². The number of carbonyl (C=O) groups excluding carboxylic acids is 1. The fourth-order valence-electron chi connectivity index (χ4n) is 2.92. The van der Waals surface area contributed by atoms with Crippen molar-refractivity contribution in [1.29, 1.82) is 0 Å². The summed E-state index contributed by atoms with van der Waals surface area (Å²) in [7, 11) is 0. The van der Waals surface area contributed by atoms with E-state index in [0.29, 0.717) is 17.4 Å². The minimum Gasteiger partial charge on any atom is -0.456 e. The minimum atomic E-state index is -0.527. The number of hydrogen-bond acceptors (Lipinski definition) is 5. The van der Waals surface area contributed by atoms with Gasteiger partial charge in [0.1, 0.15) is 17.0 Å². The highest BCUT2D eigenvalue weighted by Crippen LogP contribution is 2.26. The molecule has 1 aliphatic carbocycles. The van der Waals surface area contributed by atoms with Crippen LogP contribution in [0.2, 0.25) is 0 Å².